The van der Waals surface area contributed by atoms with Gasteiger partial charge >= 0.3 is 0 Å². The van der Waals surface area contributed by atoms with Crippen molar-refractivity contribution in [1.29, 1.82) is 0 Å². The van der Waals surface area contributed by atoms with Crippen molar-refractivity contribution in [2.24, 2.45) is 0 Å². The summed E-state index contributed by atoms with van der Waals surface area (Å²) in [7, 11) is 0.798. The van der Waals surface area contributed by atoms with E-state index in [-0.39, 0.29) is 5.15 Å². The SMILES string of the molecule is O=S(=O)(Cl)c1cc(Cl)ncc1F. The fourth-order valence-corrected chi connectivity index (χ4v) is 1.70. The van der Waals surface area contributed by atoms with Crippen molar-refractivity contribution in [2.45, 2.75) is 4.90 Å². The molecule has 1 aromatic heterocycles. The Morgan fingerprint density at radius 2 is 2.08 bits per heavy atom. The lowest BCUT2D eigenvalue weighted by Crippen LogP contribution is -1.96. The first-order valence-corrected chi connectivity index (χ1v) is 5.35. The molecule has 12 heavy (non-hydrogen) atoms. The van der Waals surface area contributed by atoms with Crippen molar-refractivity contribution in [2.75, 3.05) is 0 Å². The van der Waals surface area contributed by atoms with Gasteiger partial charge in [0.1, 0.15) is 10.0 Å². The van der Waals surface area contributed by atoms with Gasteiger partial charge in [-0.25, -0.2) is 17.8 Å². The van der Waals surface area contributed by atoms with Crippen LogP contribution in [0.15, 0.2) is 17.2 Å². The molecular formula is C5H2Cl2FNO2S. The van der Waals surface area contributed by atoms with Crippen LogP contribution in [-0.2, 0) is 9.05 Å². The van der Waals surface area contributed by atoms with Gasteiger partial charge in [-0.1, -0.05) is 11.6 Å². The van der Waals surface area contributed by atoms with Crippen molar-refractivity contribution in [1.82, 2.24) is 4.98 Å². The number of hydrogen-bond acceptors (Lipinski definition) is 3. The number of rotatable bonds is 1. The highest BCUT2D eigenvalue weighted by Gasteiger charge is 2.16. The third-order valence-electron chi connectivity index (χ3n) is 1.05. The second kappa shape index (κ2) is 3.16. The van der Waals surface area contributed by atoms with E-state index in [1.807, 2.05) is 0 Å². The Balaban J connectivity index is 3.43. The maximum absolute atomic E-state index is 12.7. The van der Waals surface area contributed by atoms with Crippen LogP contribution in [-0.4, -0.2) is 13.4 Å². The molecule has 0 radical (unpaired) electrons. The monoisotopic (exact) mass is 229 g/mol. The summed E-state index contributed by atoms with van der Waals surface area (Å²) in [6.45, 7) is 0. The van der Waals surface area contributed by atoms with Crippen LogP contribution in [0.5, 0.6) is 0 Å². The molecule has 66 valence electrons. The van der Waals surface area contributed by atoms with Crippen LogP contribution in [0.3, 0.4) is 0 Å². The zero-order chi connectivity index (χ0) is 9.35. The van der Waals surface area contributed by atoms with E-state index in [1.54, 1.807) is 0 Å². The van der Waals surface area contributed by atoms with Crippen LogP contribution >= 0.6 is 22.3 Å². The first-order chi connectivity index (χ1) is 5.41. The quantitative estimate of drug-likeness (QED) is 0.545. The van der Waals surface area contributed by atoms with E-state index in [4.69, 9.17) is 22.3 Å². The minimum atomic E-state index is -4.08. The third-order valence-corrected chi connectivity index (χ3v) is 2.59. The van der Waals surface area contributed by atoms with Gasteiger partial charge in [0, 0.05) is 10.7 Å². The fourth-order valence-electron chi connectivity index (χ4n) is 0.583. The molecule has 0 aliphatic carbocycles. The molecule has 7 heteroatoms. The summed E-state index contributed by atoms with van der Waals surface area (Å²) in [6, 6.07) is 0.846. The number of pyridine rings is 1. The van der Waals surface area contributed by atoms with Gasteiger partial charge in [-0.05, 0) is 6.07 Å². The van der Waals surface area contributed by atoms with Crippen molar-refractivity contribution in [3.05, 3.63) is 23.2 Å². The van der Waals surface area contributed by atoms with Crippen LogP contribution in [0.4, 0.5) is 4.39 Å². The van der Waals surface area contributed by atoms with E-state index in [0.29, 0.717) is 6.20 Å². The molecule has 0 aromatic carbocycles. The number of aromatic nitrogens is 1. The molecule has 0 N–H and O–H groups in total. The van der Waals surface area contributed by atoms with Crippen LogP contribution in [0.1, 0.15) is 0 Å². The maximum atomic E-state index is 12.7. The first kappa shape index (κ1) is 9.70. The van der Waals surface area contributed by atoms with Gasteiger partial charge in [-0.2, -0.15) is 0 Å². The highest BCUT2D eigenvalue weighted by molar-refractivity contribution is 8.13. The number of halogens is 3. The van der Waals surface area contributed by atoms with E-state index >= 15 is 0 Å². The van der Waals surface area contributed by atoms with Gasteiger partial charge < -0.3 is 0 Å². The Hall–Kier alpha value is -0.390. The van der Waals surface area contributed by atoms with E-state index < -0.39 is 19.8 Å². The first-order valence-electron chi connectivity index (χ1n) is 2.67. The van der Waals surface area contributed by atoms with E-state index in [9.17, 15) is 12.8 Å². The summed E-state index contributed by atoms with van der Waals surface area (Å²) in [5.74, 6) is -1.02. The molecular weight excluding hydrogens is 228 g/mol. The van der Waals surface area contributed by atoms with Crippen LogP contribution in [0, 0.1) is 5.82 Å². The summed E-state index contributed by atoms with van der Waals surface area (Å²) < 4.78 is 34.0. The molecule has 0 amide bonds. The van der Waals surface area contributed by atoms with Gasteiger partial charge in [-0.3, -0.25) is 0 Å². The molecule has 0 atom stereocenters. The topological polar surface area (TPSA) is 47.0 Å². The molecule has 1 rings (SSSR count). The number of hydrogen-bond donors (Lipinski definition) is 0. The molecule has 0 bridgehead atoms. The van der Waals surface area contributed by atoms with Crippen molar-refractivity contribution in [3.8, 4) is 0 Å². The van der Waals surface area contributed by atoms with Crippen LogP contribution in [0.25, 0.3) is 0 Å². The Morgan fingerprint density at radius 1 is 1.50 bits per heavy atom. The summed E-state index contributed by atoms with van der Waals surface area (Å²) in [6.07, 6.45) is 0.692. The average Bonchev–Trinajstić information content (AvgIpc) is 1.92. The highest BCUT2D eigenvalue weighted by Crippen LogP contribution is 2.20. The van der Waals surface area contributed by atoms with Crippen LogP contribution in [0.2, 0.25) is 5.15 Å². The lowest BCUT2D eigenvalue weighted by Gasteiger charge is -1.97. The Morgan fingerprint density at radius 3 is 2.50 bits per heavy atom. The van der Waals surface area contributed by atoms with Gasteiger partial charge in [-0.15, -0.1) is 0 Å². The standard InChI is InChI=1S/C5H2Cl2FNO2S/c6-5-1-4(12(7,10)11)3(8)2-9-5/h1-2H. The largest absolute Gasteiger partial charge is 0.264 e. The second-order valence-electron chi connectivity index (χ2n) is 1.88. The smallest absolute Gasteiger partial charge is 0.241 e. The molecule has 0 spiro atoms. The summed E-state index contributed by atoms with van der Waals surface area (Å²) in [5.41, 5.74) is 0. The molecule has 0 saturated heterocycles. The fraction of sp³-hybridized carbons (Fsp3) is 0. The zero-order valence-corrected chi connectivity index (χ0v) is 7.79. The molecule has 0 aliphatic rings. The Bertz CT molecular complexity index is 406. The molecule has 0 aliphatic heterocycles. The molecule has 0 saturated carbocycles. The van der Waals surface area contributed by atoms with Gasteiger partial charge in [0.05, 0.1) is 6.20 Å². The van der Waals surface area contributed by atoms with Crippen molar-refractivity contribution < 1.29 is 12.8 Å². The lowest BCUT2D eigenvalue weighted by molar-refractivity contribution is 0.571. The van der Waals surface area contributed by atoms with E-state index in [0.717, 1.165) is 6.07 Å². The molecule has 0 fully saturated rings. The molecule has 0 unspecified atom stereocenters. The minimum absolute atomic E-state index is 0.129. The normalized spacial score (nSPS) is 11.6. The summed E-state index contributed by atoms with van der Waals surface area (Å²) in [5, 5.41) is -0.129. The van der Waals surface area contributed by atoms with E-state index in [2.05, 4.69) is 4.98 Å². The van der Waals surface area contributed by atoms with Crippen molar-refractivity contribution in [3.63, 3.8) is 0 Å². The maximum Gasteiger partial charge on any atom is 0.264 e. The summed E-state index contributed by atoms with van der Waals surface area (Å²) >= 11 is 5.32. The predicted molar refractivity (Wildman–Crippen MR) is 42.2 cm³/mol. The molecule has 1 aromatic rings. The van der Waals surface area contributed by atoms with Gasteiger partial charge in [0.25, 0.3) is 9.05 Å². The third kappa shape index (κ3) is 2.06. The Labute approximate surface area is 77.6 Å². The lowest BCUT2D eigenvalue weighted by atomic mass is 10.5. The second-order valence-corrected chi connectivity index (χ2v) is 4.80. The molecule has 1 heterocycles. The predicted octanol–water partition coefficient (Wildman–Crippen LogP) is 1.80. The van der Waals surface area contributed by atoms with Gasteiger partial charge in [0.2, 0.25) is 0 Å². The summed E-state index contributed by atoms with van der Waals surface area (Å²) in [4.78, 5) is 2.66. The Kier molecular flexibility index (Phi) is 2.55. The zero-order valence-electron chi connectivity index (χ0n) is 5.46. The van der Waals surface area contributed by atoms with Crippen LogP contribution < -0.4 is 0 Å². The van der Waals surface area contributed by atoms with Crippen molar-refractivity contribution >= 4 is 31.3 Å². The van der Waals surface area contributed by atoms with Gasteiger partial charge in [0.15, 0.2) is 5.82 Å². The van der Waals surface area contributed by atoms with E-state index in [1.165, 1.54) is 0 Å². The average molecular weight is 230 g/mol. The minimum Gasteiger partial charge on any atom is -0.241 e. The number of nitrogens with zero attached hydrogens (tertiary/aromatic N) is 1. The highest BCUT2D eigenvalue weighted by atomic mass is 35.7. The molecule has 3 nitrogen and oxygen atoms in total.